The van der Waals surface area contributed by atoms with Crippen molar-refractivity contribution in [2.24, 2.45) is 0 Å². The van der Waals surface area contributed by atoms with Crippen LogP contribution in [0.3, 0.4) is 0 Å². The normalized spacial score (nSPS) is 10.9. The van der Waals surface area contributed by atoms with Gasteiger partial charge >= 0.3 is 5.97 Å². The number of benzene rings is 1. The molecule has 1 aromatic carbocycles. The fraction of sp³-hybridized carbons (Fsp3) is 0.154. The highest BCUT2D eigenvalue weighted by molar-refractivity contribution is 5.92. The lowest BCUT2D eigenvalue weighted by Gasteiger charge is -2.01. The number of nitrogens with zero attached hydrogens (tertiary/aromatic N) is 3. The number of rotatable bonds is 4. The number of aromatic carboxylic acids is 1. The van der Waals surface area contributed by atoms with Gasteiger partial charge in [0.25, 0.3) is 0 Å². The molecular formula is C13H11N3O3. The molecule has 0 spiro atoms. The summed E-state index contributed by atoms with van der Waals surface area (Å²) in [4.78, 5) is 11.0. The maximum absolute atomic E-state index is 11.0. The molecule has 0 saturated heterocycles. The third kappa shape index (κ3) is 2.20. The first-order valence-electron chi connectivity index (χ1n) is 5.83. The highest BCUT2D eigenvalue weighted by Gasteiger charge is 2.09. The SMILES string of the molecule is O=C(O)c1ccc2nnn(CCc3ccco3)c2c1. The van der Waals surface area contributed by atoms with Gasteiger partial charge in [-0.2, -0.15) is 0 Å². The Labute approximate surface area is 108 Å². The fourth-order valence-electron chi connectivity index (χ4n) is 1.93. The summed E-state index contributed by atoms with van der Waals surface area (Å²) in [6, 6.07) is 8.49. The molecule has 2 heterocycles. The van der Waals surface area contributed by atoms with Crippen molar-refractivity contribution in [3.05, 3.63) is 47.9 Å². The quantitative estimate of drug-likeness (QED) is 0.772. The number of aromatic nitrogens is 3. The standard InChI is InChI=1S/C13H11N3O3/c17-13(18)9-3-4-11-12(8-9)16(15-14-11)6-5-10-2-1-7-19-10/h1-4,7-8H,5-6H2,(H,17,18). The number of carboxylic acids is 1. The number of hydrogen-bond acceptors (Lipinski definition) is 4. The van der Waals surface area contributed by atoms with Crippen LogP contribution < -0.4 is 0 Å². The van der Waals surface area contributed by atoms with Crippen molar-refractivity contribution in [1.82, 2.24) is 15.0 Å². The van der Waals surface area contributed by atoms with Gasteiger partial charge < -0.3 is 9.52 Å². The van der Waals surface area contributed by atoms with Crippen LogP contribution in [0, 0.1) is 0 Å². The molecule has 0 unspecified atom stereocenters. The number of hydrogen-bond donors (Lipinski definition) is 1. The second kappa shape index (κ2) is 4.56. The topological polar surface area (TPSA) is 81.1 Å². The van der Waals surface area contributed by atoms with E-state index in [4.69, 9.17) is 9.52 Å². The lowest BCUT2D eigenvalue weighted by Crippen LogP contribution is -2.03. The minimum absolute atomic E-state index is 0.231. The van der Waals surface area contributed by atoms with Crippen LogP contribution in [0.2, 0.25) is 0 Å². The van der Waals surface area contributed by atoms with Gasteiger partial charge in [0, 0.05) is 6.42 Å². The summed E-state index contributed by atoms with van der Waals surface area (Å²) in [5.41, 5.74) is 1.63. The Kier molecular flexibility index (Phi) is 2.75. The van der Waals surface area contributed by atoms with E-state index in [-0.39, 0.29) is 5.56 Å². The first-order valence-corrected chi connectivity index (χ1v) is 5.83. The maximum Gasteiger partial charge on any atom is 0.335 e. The van der Waals surface area contributed by atoms with Crippen molar-refractivity contribution < 1.29 is 14.3 Å². The van der Waals surface area contributed by atoms with Crippen molar-refractivity contribution in [1.29, 1.82) is 0 Å². The van der Waals surface area contributed by atoms with E-state index in [2.05, 4.69) is 10.3 Å². The molecule has 0 atom stereocenters. The van der Waals surface area contributed by atoms with Gasteiger partial charge in [-0.25, -0.2) is 9.48 Å². The average molecular weight is 257 g/mol. The molecule has 6 heteroatoms. The third-order valence-electron chi connectivity index (χ3n) is 2.91. The average Bonchev–Trinajstić information content (AvgIpc) is 3.05. The summed E-state index contributed by atoms with van der Waals surface area (Å²) in [5, 5.41) is 17.0. The summed E-state index contributed by atoms with van der Waals surface area (Å²) >= 11 is 0. The second-order valence-electron chi connectivity index (χ2n) is 4.15. The smallest absolute Gasteiger partial charge is 0.335 e. The Morgan fingerprint density at radius 1 is 1.37 bits per heavy atom. The van der Waals surface area contributed by atoms with Crippen molar-refractivity contribution in [3.63, 3.8) is 0 Å². The highest BCUT2D eigenvalue weighted by Crippen LogP contribution is 2.14. The van der Waals surface area contributed by atoms with Crippen molar-refractivity contribution in [2.75, 3.05) is 0 Å². The highest BCUT2D eigenvalue weighted by atomic mass is 16.4. The van der Waals surface area contributed by atoms with Gasteiger partial charge in [0.15, 0.2) is 0 Å². The molecule has 0 aliphatic carbocycles. The van der Waals surface area contributed by atoms with Gasteiger partial charge in [-0.1, -0.05) is 5.21 Å². The van der Waals surface area contributed by atoms with E-state index in [1.54, 1.807) is 23.1 Å². The molecule has 0 bridgehead atoms. The molecule has 2 aromatic heterocycles. The van der Waals surface area contributed by atoms with Crippen LogP contribution in [0.5, 0.6) is 0 Å². The number of fused-ring (bicyclic) bond motifs is 1. The predicted octanol–water partition coefficient (Wildman–Crippen LogP) is 1.97. The molecule has 0 aliphatic rings. The Morgan fingerprint density at radius 2 is 2.26 bits per heavy atom. The molecule has 6 nitrogen and oxygen atoms in total. The summed E-state index contributed by atoms with van der Waals surface area (Å²) in [6.45, 7) is 0.590. The molecule has 19 heavy (non-hydrogen) atoms. The summed E-state index contributed by atoms with van der Waals surface area (Å²) < 4.78 is 6.93. The molecule has 0 aliphatic heterocycles. The number of aryl methyl sites for hydroxylation is 2. The summed E-state index contributed by atoms with van der Waals surface area (Å²) in [5.74, 6) is -0.0984. The van der Waals surface area contributed by atoms with E-state index in [0.29, 0.717) is 24.0 Å². The Bertz CT molecular complexity index is 716. The molecule has 0 radical (unpaired) electrons. The summed E-state index contributed by atoms with van der Waals surface area (Å²) in [7, 11) is 0. The molecule has 96 valence electrons. The molecule has 0 fully saturated rings. The van der Waals surface area contributed by atoms with Crippen molar-refractivity contribution in [2.45, 2.75) is 13.0 Å². The van der Waals surface area contributed by atoms with Crippen molar-refractivity contribution >= 4 is 17.0 Å². The zero-order valence-electron chi connectivity index (χ0n) is 9.98. The Hall–Kier alpha value is -2.63. The van der Waals surface area contributed by atoms with Gasteiger partial charge in [-0.05, 0) is 30.3 Å². The van der Waals surface area contributed by atoms with Gasteiger partial charge in [0.05, 0.1) is 23.9 Å². The largest absolute Gasteiger partial charge is 0.478 e. The molecule has 0 amide bonds. The zero-order chi connectivity index (χ0) is 13.2. The van der Waals surface area contributed by atoms with E-state index < -0.39 is 5.97 Å². The van der Waals surface area contributed by atoms with Crippen LogP contribution in [0.1, 0.15) is 16.1 Å². The van der Waals surface area contributed by atoms with Gasteiger partial charge in [-0.15, -0.1) is 5.10 Å². The fourth-order valence-corrected chi connectivity index (χ4v) is 1.93. The Balaban J connectivity index is 1.90. The molecule has 3 aromatic rings. The number of furan rings is 1. The van der Waals surface area contributed by atoms with E-state index >= 15 is 0 Å². The van der Waals surface area contributed by atoms with Crippen LogP contribution >= 0.6 is 0 Å². The second-order valence-corrected chi connectivity index (χ2v) is 4.15. The maximum atomic E-state index is 11.0. The van der Waals surface area contributed by atoms with E-state index in [0.717, 1.165) is 5.76 Å². The van der Waals surface area contributed by atoms with Crippen LogP contribution in [-0.2, 0) is 13.0 Å². The van der Waals surface area contributed by atoms with Crippen LogP contribution in [-0.4, -0.2) is 26.1 Å². The lowest BCUT2D eigenvalue weighted by atomic mass is 10.2. The first-order chi connectivity index (χ1) is 9.24. The monoisotopic (exact) mass is 257 g/mol. The minimum atomic E-state index is -0.958. The lowest BCUT2D eigenvalue weighted by molar-refractivity contribution is 0.0697. The number of carbonyl (C=O) groups is 1. The van der Waals surface area contributed by atoms with Crippen LogP contribution in [0.25, 0.3) is 11.0 Å². The van der Waals surface area contributed by atoms with Crippen molar-refractivity contribution in [3.8, 4) is 0 Å². The predicted molar refractivity (Wildman–Crippen MR) is 66.9 cm³/mol. The first kappa shape index (κ1) is 11.5. The number of carboxylic acid groups (broad SMARTS) is 1. The van der Waals surface area contributed by atoms with E-state index in [9.17, 15) is 4.79 Å². The van der Waals surface area contributed by atoms with E-state index in [1.807, 2.05) is 12.1 Å². The molecule has 3 rings (SSSR count). The van der Waals surface area contributed by atoms with Gasteiger partial charge in [-0.3, -0.25) is 0 Å². The van der Waals surface area contributed by atoms with Gasteiger partial charge in [0.1, 0.15) is 11.3 Å². The summed E-state index contributed by atoms with van der Waals surface area (Å²) in [6.07, 6.45) is 2.31. The van der Waals surface area contributed by atoms with Gasteiger partial charge in [0.2, 0.25) is 0 Å². The van der Waals surface area contributed by atoms with Crippen LogP contribution in [0.15, 0.2) is 41.0 Å². The van der Waals surface area contributed by atoms with Crippen LogP contribution in [0.4, 0.5) is 0 Å². The molecule has 0 saturated carbocycles. The third-order valence-corrected chi connectivity index (χ3v) is 2.91. The molecule has 1 N–H and O–H groups in total. The minimum Gasteiger partial charge on any atom is -0.478 e. The van der Waals surface area contributed by atoms with E-state index in [1.165, 1.54) is 6.07 Å². The Morgan fingerprint density at radius 3 is 3.00 bits per heavy atom. The zero-order valence-corrected chi connectivity index (χ0v) is 9.98. The molecular weight excluding hydrogens is 246 g/mol.